The van der Waals surface area contributed by atoms with Gasteiger partial charge in [-0.25, -0.2) is 0 Å². The summed E-state index contributed by atoms with van der Waals surface area (Å²) in [5.41, 5.74) is 3.48. The van der Waals surface area contributed by atoms with E-state index in [1.807, 2.05) is 24.3 Å². The lowest BCUT2D eigenvalue weighted by Crippen LogP contribution is -2.38. The predicted octanol–water partition coefficient (Wildman–Crippen LogP) is 2.39. The van der Waals surface area contributed by atoms with Crippen LogP contribution in [-0.4, -0.2) is 41.8 Å². The summed E-state index contributed by atoms with van der Waals surface area (Å²) in [6.45, 7) is 3.49. The van der Waals surface area contributed by atoms with Gasteiger partial charge in [-0.2, -0.15) is 0 Å². The topological polar surface area (TPSA) is 95.5 Å². The number of carbonyl (C=O) groups is 3. The van der Waals surface area contributed by atoms with E-state index in [0.29, 0.717) is 24.9 Å². The molecular formula is C23H28N2O4. The Balaban J connectivity index is 1.95. The lowest BCUT2D eigenvalue weighted by atomic mass is 10.0. The first-order valence-corrected chi connectivity index (χ1v) is 9.61. The number of carbonyl (C=O) groups excluding carboxylic acids is 2. The van der Waals surface area contributed by atoms with Gasteiger partial charge in [0, 0.05) is 12.1 Å². The Morgan fingerprint density at radius 2 is 1.31 bits per heavy atom. The quantitative estimate of drug-likeness (QED) is 0.505. The molecule has 3 N–H and O–H groups in total. The second-order valence-electron chi connectivity index (χ2n) is 7.20. The minimum atomic E-state index is -0.921. The summed E-state index contributed by atoms with van der Waals surface area (Å²) in [6.07, 6.45) is 0.946. The van der Waals surface area contributed by atoms with E-state index in [2.05, 4.69) is 10.6 Å². The number of ketones is 2. The molecule has 0 saturated carbocycles. The summed E-state index contributed by atoms with van der Waals surface area (Å²) >= 11 is 0. The first kappa shape index (κ1) is 22.5. The molecule has 0 spiro atoms. The van der Waals surface area contributed by atoms with Gasteiger partial charge in [0.1, 0.15) is 11.8 Å². The van der Waals surface area contributed by atoms with Crippen LogP contribution in [0.5, 0.6) is 0 Å². The number of likely N-dealkylation sites (N-methyl/N-ethyl adjacent to an activating group) is 1. The number of carboxylic acids is 1. The van der Waals surface area contributed by atoms with Crippen molar-refractivity contribution < 1.29 is 19.5 Å². The zero-order valence-electron chi connectivity index (χ0n) is 17.1. The van der Waals surface area contributed by atoms with Crippen molar-refractivity contribution in [3.63, 3.8) is 0 Å². The molecule has 2 aromatic carbocycles. The first-order valence-electron chi connectivity index (χ1n) is 9.61. The molecule has 0 aromatic heterocycles. The Kier molecular flexibility index (Phi) is 8.24. The standard InChI is InChI=1S/C23H28N2O4/c1-15(26)20-10-8-18(9-11-20)13-22(23(28)29)25-14-19-6-4-17(5-7-19)12-21(24-3)16(2)27/h4-11,21-22,24-25H,12-14H2,1-3H3,(H,28,29). The van der Waals surface area contributed by atoms with Crippen LogP contribution in [0.2, 0.25) is 0 Å². The summed E-state index contributed by atoms with van der Waals surface area (Å²) in [5.74, 6) is -0.841. The van der Waals surface area contributed by atoms with E-state index < -0.39 is 12.0 Å². The van der Waals surface area contributed by atoms with Crippen LogP contribution in [0, 0.1) is 0 Å². The SMILES string of the molecule is CNC(Cc1ccc(CNC(Cc2ccc(C(C)=O)cc2)C(=O)O)cc1)C(C)=O. The molecule has 0 radical (unpaired) electrons. The fraction of sp³-hybridized carbons (Fsp3) is 0.348. The lowest BCUT2D eigenvalue weighted by molar-refractivity contribution is -0.139. The molecule has 0 aliphatic rings. The summed E-state index contributed by atoms with van der Waals surface area (Å²) < 4.78 is 0. The number of Topliss-reactive ketones (excluding diaryl/α,β-unsaturated/α-hetero) is 2. The molecule has 0 amide bonds. The number of aliphatic carboxylic acids is 1. The Bertz CT molecular complexity index is 844. The van der Waals surface area contributed by atoms with Crippen LogP contribution in [0.25, 0.3) is 0 Å². The Morgan fingerprint density at radius 1 is 0.828 bits per heavy atom. The number of hydrogen-bond donors (Lipinski definition) is 3. The van der Waals surface area contributed by atoms with Gasteiger partial charge in [0.15, 0.2) is 5.78 Å². The van der Waals surface area contributed by atoms with Gasteiger partial charge in [0.25, 0.3) is 0 Å². The Labute approximate surface area is 171 Å². The molecular weight excluding hydrogens is 368 g/mol. The van der Waals surface area contributed by atoms with Gasteiger partial charge in [0.2, 0.25) is 0 Å². The largest absolute Gasteiger partial charge is 0.480 e. The number of carboxylic acid groups (broad SMARTS) is 1. The fourth-order valence-electron chi connectivity index (χ4n) is 3.08. The highest BCUT2D eigenvalue weighted by Gasteiger charge is 2.18. The van der Waals surface area contributed by atoms with E-state index in [4.69, 9.17) is 0 Å². The van der Waals surface area contributed by atoms with Crippen LogP contribution in [0.15, 0.2) is 48.5 Å². The van der Waals surface area contributed by atoms with Crippen molar-refractivity contribution in [1.82, 2.24) is 10.6 Å². The molecule has 154 valence electrons. The average Bonchev–Trinajstić information content (AvgIpc) is 2.70. The smallest absolute Gasteiger partial charge is 0.321 e. The normalized spacial score (nSPS) is 12.9. The summed E-state index contributed by atoms with van der Waals surface area (Å²) in [7, 11) is 1.77. The maximum atomic E-state index is 11.6. The van der Waals surface area contributed by atoms with Gasteiger partial charge in [-0.05, 0) is 50.4 Å². The van der Waals surface area contributed by atoms with Crippen molar-refractivity contribution in [3.8, 4) is 0 Å². The molecule has 2 unspecified atom stereocenters. The van der Waals surface area contributed by atoms with E-state index in [9.17, 15) is 19.5 Å². The van der Waals surface area contributed by atoms with Crippen molar-refractivity contribution >= 4 is 17.5 Å². The van der Waals surface area contributed by atoms with Crippen molar-refractivity contribution in [2.75, 3.05) is 7.05 Å². The Morgan fingerprint density at radius 3 is 1.76 bits per heavy atom. The summed E-state index contributed by atoms with van der Waals surface area (Å²) in [6, 6.07) is 13.9. The fourth-order valence-corrected chi connectivity index (χ4v) is 3.08. The van der Waals surface area contributed by atoms with Gasteiger partial charge in [-0.15, -0.1) is 0 Å². The highest BCUT2D eigenvalue weighted by Crippen LogP contribution is 2.11. The van der Waals surface area contributed by atoms with Crippen molar-refractivity contribution in [3.05, 3.63) is 70.8 Å². The van der Waals surface area contributed by atoms with Crippen molar-refractivity contribution in [2.24, 2.45) is 0 Å². The third kappa shape index (κ3) is 6.93. The predicted molar refractivity (Wildman–Crippen MR) is 112 cm³/mol. The second kappa shape index (κ2) is 10.6. The van der Waals surface area contributed by atoms with Crippen LogP contribution in [0.4, 0.5) is 0 Å². The summed E-state index contributed by atoms with van der Waals surface area (Å²) in [5, 5.41) is 15.6. The minimum Gasteiger partial charge on any atom is -0.480 e. The molecule has 2 atom stereocenters. The van der Waals surface area contributed by atoms with Gasteiger partial charge < -0.3 is 15.7 Å². The van der Waals surface area contributed by atoms with Crippen LogP contribution < -0.4 is 10.6 Å². The molecule has 0 aliphatic carbocycles. The Hall–Kier alpha value is -2.83. The molecule has 29 heavy (non-hydrogen) atoms. The van der Waals surface area contributed by atoms with Gasteiger partial charge in [-0.3, -0.25) is 14.4 Å². The molecule has 2 rings (SSSR count). The van der Waals surface area contributed by atoms with Crippen LogP contribution in [0.3, 0.4) is 0 Å². The number of hydrogen-bond acceptors (Lipinski definition) is 5. The summed E-state index contributed by atoms with van der Waals surface area (Å²) in [4.78, 5) is 34.5. The maximum absolute atomic E-state index is 11.6. The maximum Gasteiger partial charge on any atom is 0.321 e. The third-order valence-corrected chi connectivity index (χ3v) is 4.95. The molecule has 0 fully saturated rings. The molecule has 6 nitrogen and oxygen atoms in total. The average molecular weight is 396 g/mol. The van der Waals surface area contributed by atoms with E-state index in [0.717, 1.165) is 16.7 Å². The number of benzene rings is 2. The zero-order valence-corrected chi connectivity index (χ0v) is 17.1. The van der Waals surface area contributed by atoms with Crippen LogP contribution in [0.1, 0.15) is 40.9 Å². The minimum absolute atomic E-state index is 0.0164. The van der Waals surface area contributed by atoms with Gasteiger partial charge in [-0.1, -0.05) is 48.5 Å². The molecule has 2 aromatic rings. The van der Waals surface area contributed by atoms with Crippen molar-refractivity contribution in [2.45, 2.75) is 45.3 Å². The van der Waals surface area contributed by atoms with E-state index in [-0.39, 0.29) is 17.6 Å². The molecule has 0 aliphatic heterocycles. The number of nitrogens with one attached hydrogen (secondary N) is 2. The van der Waals surface area contributed by atoms with Crippen LogP contribution in [-0.2, 0) is 29.0 Å². The van der Waals surface area contributed by atoms with E-state index in [1.54, 1.807) is 38.2 Å². The first-order chi connectivity index (χ1) is 13.8. The van der Waals surface area contributed by atoms with E-state index >= 15 is 0 Å². The molecule has 0 heterocycles. The van der Waals surface area contributed by atoms with Crippen LogP contribution >= 0.6 is 0 Å². The zero-order chi connectivity index (χ0) is 21.4. The van der Waals surface area contributed by atoms with Crippen molar-refractivity contribution in [1.29, 1.82) is 0 Å². The molecule has 6 heteroatoms. The monoisotopic (exact) mass is 396 g/mol. The highest BCUT2D eigenvalue weighted by atomic mass is 16.4. The van der Waals surface area contributed by atoms with Gasteiger partial charge in [0.05, 0.1) is 6.04 Å². The molecule has 0 bridgehead atoms. The molecule has 0 saturated heterocycles. The van der Waals surface area contributed by atoms with E-state index in [1.165, 1.54) is 6.92 Å². The second-order valence-corrected chi connectivity index (χ2v) is 7.20. The lowest BCUT2D eigenvalue weighted by Gasteiger charge is -2.16. The highest BCUT2D eigenvalue weighted by molar-refractivity contribution is 5.94. The third-order valence-electron chi connectivity index (χ3n) is 4.95. The number of rotatable bonds is 11. The van der Waals surface area contributed by atoms with Gasteiger partial charge >= 0.3 is 5.97 Å².